The van der Waals surface area contributed by atoms with Crippen LogP contribution in [-0.2, 0) is 17.8 Å². The van der Waals surface area contributed by atoms with Gasteiger partial charge >= 0.3 is 0 Å². The van der Waals surface area contributed by atoms with Crippen molar-refractivity contribution in [2.24, 2.45) is 0 Å². The maximum atomic E-state index is 12.0. The minimum Gasteiger partial charge on any atom is -0.297 e. The molecule has 94 valence electrons. The number of nitrogens with zero attached hydrogens (tertiary/aromatic N) is 2. The Balaban J connectivity index is 2.06. The lowest BCUT2D eigenvalue weighted by molar-refractivity contribution is -0.119. The van der Waals surface area contributed by atoms with Gasteiger partial charge in [0.15, 0.2) is 5.78 Å². The molecular formula is C14H15BrN2O. The largest absolute Gasteiger partial charge is 0.297 e. The SMILES string of the molecule is Cc1nn(CC(=O)Cc2ccccc2)c(C)c1Br. The van der Waals surface area contributed by atoms with Crippen molar-refractivity contribution in [2.75, 3.05) is 0 Å². The van der Waals surface area contributed by atoms with E-state index in [2.05, 4.69) is 21.0 Å². The summed E-state index contributed by atoms with van der Waals surface area (Å²) in [5, 5.41) is 4.34. The fraction of sp³-hybridized carbons (Fsp3) is 0.286. The first-order chi connectivity index (χ1) is 8.58. The zero-order chi connectivity index (χ0) is 13.1. The predicted octanol–water partition coefficient (Wildman–Crippen LogP) is 3.07. The number of aryl methyl sites for hydroxylation is 1. The summed E-state index contributed by atoms with van der Waals surface area (Å²) in [4.78, 5) is 12.0. The Morgan fingerprint density at radius 3 is 2.50 bits per heavy atom. The summed E-state index contributed by atoms with van der Waals surface area (Å²) in [5.74, 6) is 0.166. The molecule has 0 fully saturated rings. The van der Waals surface area contributed by atoms with Gasteiger partial charge in [-0.2, -0.15) is 5.10 Å². The predicted molar refractivity (Wildman–Crippen MR) is 74.6 cm³/mol. The van der Waals surface area contributed by atoms with Crippen LogP contribution in [0.2, 0.25) is 0 Å². The summed E-state index contributed by atoms with van der Waals surface area (Å²) in [6.07, 6.45) is 0.455. The van der Waals surface area contributed by atoms with E-state index in [4.69, 9.17) is 0 Å². The van der Waals surface area contributed by atoms with E-state index in [1.165, 1.54) is 0 Å². The highest BCUT2D eigenvalue weighted by molar-refractivity contribution is 9.10. The molecule has 0 aliphatic rings. The first-order valence-corrected chi connectivity index (χ1v) is 6.62. The third-order valence-corrected chi connectivity index (χ3v) is 4.01. The topological polar surface area (TPSA) is 34.9 Å². The second kappa shape index (κ2) is 5.48. The quantitative estimate of drug-likeness (QED) is 0.870. The Hall–Kier alpha value is -1.42. The highest BCUT2D eigenvalue weighted by Crippen LogP contribution is 2.19. The maximum Gasteiger partial charge on any atom is 0.158 e. The number of hydrogen-bond donors (Lipinski definition) is 0. The monoisotopic (exact) mass is 306 g/mol. The summed E-state index contributed by atoms with van der Waals surface area (Å²) in [7, 11) is 0. The summed E-state index contributed by atoms with van der Waals surface area (Å²) < 4.78 is 2.74. The minimum absolute atomic E-state index is 0.166. The third-order valence-electron chi connectivity index (χ3n) is 2.86. The molecular weight excluding hydrogens is 292 g/mol. The van der Waals surface area contributed by atoms with E-state index < -0.39 is 0 Å². The van der Waals surface area contributed by atoms with Gasteiger partial charge in [-0.3, -0.25) is 9.48 Å². The molecule has 0 bridgehead atoms. The number of Topliss-reactive ketones (excluding diaryl/α,β-unsaturated/α-hetero) is 1. The second-order valence-corrected chi connectivity index (χ2v) is 5.14. The molecule has 0 atom stereocenters. The lowest BCUT2D eigenvalue weighted by Gasteiger charge is -2.04. The number of carbonyl (C=O) groups excluding carboxylic acids is 1. The lowest BCUT2D eigenvalue weighted by Crippen LogP contribution is -2.14. The zero-order valence-corrected chi connectivity index (χ0v) is 12.1. The van der Waals surface area contributed by atoms with Gasteiger partial charge in [0, 0.05) is 6.42 Å². The van der Waals surface area contributed by atoms with E-state index in [9.17, 15) is 4.79 Å². The van der Waals surface area contributed by atoms with Crippen molar-refractivity contribution in [1.29, 1.82) is 0 Å². The van der Waals surface area contributed by atoms with Gasteiger partial charge in [-0.15, -0.1) is 0 Å². The van der Waals surface area contributed by atoms with E-state index in [1.54, 1.807) is 4.68 Å². The highest BCUT2D eigenvalue weighted by Gasteiger charge is 2.12. The van der Waals surface area contributed by atoms with Gasteiger partial charge < -0.3 is 0 Å². The fourth-order valence-electron chi connectivity index (χ4n) is 1.88. The first kappa shape index (κ1) is 13.0. The molecule has 18 heavy (non-hydrogen) atoms. The normalized spacial score (nSPS) is 10.6. The van der Waals surface area contributed by atoms with Crippen LogP contribution in [0.5, 0.6) is 0 Å². The van der Waals surface area contributed by atoms with Crippen LogP contribution >= 0.6 is 15.9 Å². The van der Waals surface area contributed by atoms with Crippen LogP contribution in [0, 0.1) is 13.8 Å². The average Bonchev–Trinajstić information content (AvgIpc) is 2.58. The van der Waals surface area contributed by atoms with Crippen LogP contribution in [0.4, 0.5) is 0 Å². The molecule has 3 nitrogen and oxygen atoms in total. The Labute approximate surface area is 115 Å². The van der Waals surface area contributed by atoms with Crippen LogP contribution in [-0.4, -0.2) is 15.6 Å². The van der Waals surface area contributed by atoms with E-state index in [1.807, 2.05) is 44.2 Å². The maximum absolute atomic E-state index is 12.0. The van der Waals surface area contributed by atoms with Crippen molar-refractivity contribution in [3.05, 3.63) is 51.8 Å². The zero-order valence-electron chi connectivity index (χ0n) is 10.5. The van der Waals surface area contributed by atoms with Crippen molar-refractivity contribution in [3.8, 4) is 0 Å². The van der Waals surface area contributed by atoms with Crippen LogP contribution < -0.4 is 0 Å². The molecule has 1 heterocycles. The molecule has 0 N–H and O–H groups in total. The molecule has 1 aromatic carbocycles. The summed E-state index contributed by atoms with van der Waals surface area (Å²) in [6, 6.07) is 9.78. The molecule has 2 aromatic rings. The van der Waals surface area contributed by atoms with Crippen molar-refractivity contribution < 1.29 is 4.79 Å². The summed E-state index contributed by atoms with van der Waals surface area (Å²) in [5.41, 5.74) is 2.96. The Bertz CT molecular complexity index is 561. The molecule has 0 spiro atoms. The molecule has 0 amide bonds. The van der Waals surface area contributed by atoms with E-state index >= 15 is 0 Å². The number of carbonyl (C=O) groups is 1. The molecule has 2 rings (SSSR count). The molecule has 0 saturated carbocycles. The number of ketones is 1. The second-order valence-electron chi connectivity index (χ2n) is 4.34. The van der Waals surface area contributed by atoms with Gasteiger partial charge in [0.05, 0.1) is 15.9 Å². The van der Waals surface area contributed by atoms with Crippen LogP contribution in [0.1, 0.15) is 17.0 Å². The van der Waals surface area contributed by atoms with Gasteiger partial charge in [0.25, 0.3) is 0 Å². The molecule has 4 heteroatoms. The summed E-state index contributed by atoms with van der Waals surface area (Å²) >= 11 is 3.46. The van der Waals surface area contributed by atoms with Gasteiger partial charge in [-0.25, -0.2) is 0 Å². The Kier molecular flexibility index (Phi) is 3.97. The highest BCUT2D eigenvalue weighted by atomic mass is 79.9. The first-order valence-electron chi connectivity index (χ1n) is 5.83. The number of benzene rings is 1. The van der Waals surface area contributed by atoms with Crippen LogP contribution in [0.15, 0.2) is 34.8 Å². The molecule has 0 saturated heterocycles. The van der Waals surface area contributed by atoms with Gasteiger partial charge in [0.1, 0.15) is 6.54 Å². The minimum atomic E-state index is 0.166. The molecule has 0 aliphatic carbocycles. The standard InChI is InChI=1S/C14H15BrN2O/c1-10-14(15)11(2)17(16-10)9-13(18)8-12-6-4-3-5-7-12/h3-7H,8-9H2,1-2H3. The molecule has 0 unspecified atom stereocenters. The molecule has 0 radical (unpaired) electrons. The Morgan fingerprint density at radius 1 is 1.28 bits per heavy atom. The van der Waals surface area contributed by atoms with Crippen molar-refractivity contribution in [2.45, 2.75) is 26.8 Å². The summed E-state index contributed by atoms with van der Waals surface area (Å²) in [6.45, 7) is 4.21. The number of halogens is 1. The van der Waals surface area contributed by atoms with Crippen molar-refractivity contribution in [3.63, 3.8) is 0 Å². The number of hydrogen-bond acceptors (Lipinski definition) is 2. The molecule has 1 aromatic heterocycles. The average molecular weight is 307 g/mol. The van der Waals surface area contributed by atoms with E-state index in [0.717, 1.165) is 21.4 Å². The van der Waals surface area contributed by atoms with E-state index in [-0.39, 0.29) is 5.78 Å². The smallest absolute Gasteiger partial charge is 0.158 e. The fourth-order valence-corrected chi connectivity index (χ4v) is 2.16. The van der Waals surface area contributed by atoms with Crippen molar-refractivity contribution in [1.82, 2.24) is 9.78 Å². The number of aromatic nitrogens is 2. The number of rotatable bonds is 4. The molecule has 0 aliphatic heterocycles. The van der Waals surface area contributed by atoms with Crippen LogP contribution in [0.3, 0.4) is 0 Å². The van der Waals surface area contributed by atoms with Gasteiger partial charge in [-0.05, 0) is 35.3 Å². The third kappa shape index (κ3) is 2.88. The van der Waals surface area contributed by atoms with Gasteiger partial charge in [0.2, 0.25) is 0 Å². The lowest BCUT2D eigenvalue weighted by atomic mass is 10.1. The van der Waals surface area contributed by atoms with Crippen LogP contribution in [0.25, 0.3) is 0 Å². The van der Waals surface area contributed by atoms with E-state index in [0.29, 0.717) is 13.0 Å². The Morgan fingerprint density at radius 2 is 1.94 bits per heavy atom. The van der Waals surface area contributed by atoms with Crippen molar-refractivity contribution >= 4 is 21.7 Å². The van der Waals surface area contributed by atoms with Gasteiger partial charge in [-0.1, -0.05) is 30.3 Å².